The van der Waals surface area contributed by atoms with E-state index in [9.17, 15) is 4.79 Å². The van der Waals surface area contributed by atoms with Crippen molar-refractivity contribution in [3.63, 3.8) is 0 Å². The molecule has 0 heterocycles. The summed E-state index contributed by atoms with van der Waals surface area (Å²) < 4.78 is 5.23. The van der Waals surface area contributed by atoms with E-state index in [2.05, 4.69) is 60.7 Å². The van der Waals surface area contributed by atoms with Crippen LogP contribution in [0.3, 0.4) is 0 Å². The number of rotatable bonds is 5. The number of carbonyl (C=O) groups excluding carboxylic acids is 1. The summed E-state index contributed by atoms with van der Waals surface area (Å²) in [6.07, 6.45) is 8.17. The van der Waals surface area contributed by atoms with E-state index >= 15 is 0 Å². The first-order chi connectivity index (χ1) is 26.2. The van der Waals surface area contributed by atoms with Gasteiger partial charge in [-0.05, 0) is 195 Å². The van der Waals surface area contributed by atoms with Gasteiger partial charge in [-0.15, -0.1) is 0 Å². The number of carbonyl (C=O) groups is 1. The molecule has 18 rings (SSSR count). The second kappa shape index (κ2) is 6.67. The highest BCUT2D eigenvalue weighted by atomic mass is 16.5. The van der Waals surface area contributed by atoms with Crippen LogP contribution in [0.25, 0.3) is 114 Å². The minimum atomic E-state index is -0.167. The average molecular weight is 671 g/mol. The number of benzene rings is 7. The fourth-order valence-electron chi connectivity index (χ4n) is 15.9. The monoisotopic (exact) mass is 670 g/mol. The van der Waals surface area contributed by atoms with Gasteiger partial charge in [0, 0.05) is 23.2 Å². The molecule has 6 aliphatic carbocycles. The van der Waals surface area contributed by atoms with Crippen LogP contribution < -0.4 is 5.22 Å². The molecule has 53 heavy (non-hydrogen) atoms. The van der Waals surface area contributed by atoms with Gasteiger partial charge in [0.2, 0.25) is 0 Å². The van der Waals surface area contributed by atoms with E-state index in [4.69, 9.17) is 4.74 Å². The topological polar surface area (TPSA) is 26.3 Å². The molecule has 1 spiro atoms. The summed E-state index contributed by atoms with van der Waals surface area (Å²) in [5, 5.41) is 33.3. The average Bonchev–Trinajstić information content (AvgIpc) is 3.88. The highest BCUT2D eigenvalue weighted by molar-refractivity contribution is 6.63. The first-order valence-electron chi connectivity index (χ1n) is 19.8. The Balaban J connectivity index is 1.18. The molecule has 0 aromatic heterocycles. The van der Waals surface area contributed by atoms with Crippen LogP contribution in [0.5, 0.6) is 0 Å². The largest absolute Gasteiger partial charge is 0.469 e. The second-order valence-electron chi connectivity index (χ2n) is 18.3. The Kier molecular flexibility index (Phi) is 3.08. The highest BCUT2D eigenvalue weighted by Crippen LogP contribution is 2.84. The Bertz CT molecular complexity index is 3960. The molecule has 0 saturated heterocycles. The fourth-order valence-corrected chi connectivity index (χ4v) is 15.9. The maximum atomic E-state index is 12.7. The Labute approximate surface area is 300 Å². The van der Waals surface area contributed by atoms with E-state index in [0.717, 1.165) is 32.1 Å². The van der Waals surface area contributed by atoms with Crippen LogP contribution in [0.1, 0.15) is 75.3 Å². The fraction of sp³-hybridized carbons (Fsp3) is 0.196. The number of hydrogen-bond acceptors (Lipinski definition) is 2. The molecule has 3 unspecified atom stereocenters. The zero-order valence-corrected chi connectivity index (χ0v) is 28.9. The van der Waals surface area contributed by atoms with Crippen LogP contribution in [0.15, 0.2) is 54.6 Å². The summed E-state index contributed by atoms with van der Waals surface area (Å²) >= 11 is 0. The van der Waals surface area contributed by atoms with Gasteiger partial charge in [-0.25, -0.2) is 0 Å². The van der Waals surface area contributed by atoms with E-state index in [1.54, 1.807) is 152 Å². The molecule has 2 heteroatoms. The number of ether oxygens (including phenoxy) is 1. The Hall–Kier alpha value is -5.73. The van der Waals surface area contributed by atoms with E-state index in [1.807, 2.05) is 0 Å². The lowest BCUT2D eigenvalue weighted by Gasteiger charge is -2.28. The second-order valence-corrected chi connectivity index (χ2v) is 18.3. The lowest BCUT2D eigenvalue weighted by Crippen LogP contribution is -2.25. The Morgan fingerprint density at radius 1 is 0.585 bits per heavy atom. The lowest BCUT2D eigenvalue weighted by molar-refractivity contribution is -0.140. The van der Waals surface area contributed by atoms with Crippen LogP contribution >= 0.6 is 0 Å². The third-order valence-electron chi connectivity index (χ3n) is 16.9. The zero-order chi connectivity index (χ0) is 33.5. The molecular weight excluding hydrogens is 645 g/mol. The molecule has 6 aliphatic rings. The molecule has 12 aromatic carbocycles. The molecule has 242 valence electrons. The van der Waals surface area contributed by atoms with Crippen molar-refractivity contribution in [2.45, 2.75) is 55.3 Å². The van der Waals surface area contributed by atoms with Crippen LogP contribution in [-0.2, 0) is 39.6 Å². The molecule has 1 saturated carbocycles. The SMILES string of the molecule is COC(=O)CCCC1(c2ccccc2)C2c3cc4c5c3c3c6c7c8c(cc9c8c8c%10c(cc%11c%12c%13c(cc(c%14c5c5c3c7c8c(c%12%10)c5c%13%14)C4)C%11)C9)=CC621. The molecule has 2 nitrogen and oxygen atoms in total. The summed E-state index contributed by atoms with van der Waals surface area (Å²) in [6, 6.07) is 22.1. The van der Waals surface area contributed by atoms with Crippen molar-refractivity contribution in [3.8, 4) is 0 Å². The van der Waals surface area contributed by atoms with Gasteiger partial charge < -0.3 is 4.74 Å². The van der Waals surface area contributed by atoms with Crippen LogP contribution in [0.2, 0.25) is 0 Å². The minimum Gasteiger partial charge on any atom is -0.469 e. The van der Waals surface area contributed by atoms with Gasteiger partial charge in [-0.3, -0.25) is 4.79 Å². The van der Waals surface area contributed by atoms with Crippen molar-refractivity contribution in [2.75, 3.05) is 7.11 Å². The van der Waals surface area contributed by atoms with Gasteiger partial charge in [0.15, 0.2) is 0 Å². The van der Waals surface area contributed by atoms with Crippen molar-refractivity contribution >= 4 is 120 Å². The molecule has 3 atom stereocenters. The first-order valence-corrected chi connectivity index (χ1v) is 19.8. The highest BCUT2D eigenvalue weighted by Gasteiger charge is 2.79. The molecule has 0 bridgehead atoms. The van der Waals surface area contributed by atoms with Crippen LogP contribution in [-0.4, -0.2) is 13.1 Å². The van der Waals surface area contributed by atoms with E-state index in [1.165, 1.54) is 17.9 Å². The quantitative estimate of drug-likeness (QED) is 0.135. The van der Waals surface area contributed by atoms with Gasteiger partial charge >= 0.3 is 5.97 Å². The van der Waals surface area contributed by atoms with E-state index in [0.29, 0.717) is 12.3 Å². The molecule has 1 fully saturated rings. The van der Waals surface area contributed by atoms with Crippen molar-refractivity contribution in [1.29, 1.82) is 0 Å². The van der Waals surface area contributed by atoms with Gasteiger partial charge in [0.1, 0.15) is 0 Å². The first kappa shape index (κ1) is 24.5. The van der Waals surface area contributed by atoms with Crippen LogP contribution in [0.4, 0.5) is 0 Å². The number of methoxy groups -OCH3 is 1. The number of esters is 1. The predicted octanol–water partition coefficient (Wildman–Crippen LogP) is 10.7. The summed E-state index contributed by atoms with van der Waals surface area (Å²) in [5.41, 5.74) is 13.7. The number of fused-ring (bicyclic) bond motifs is 1. The molecule has 0 aliphatic heterocycles. The Morgan fingerprint density at radius 3 is 1.70 bits per heavy atom. The van der Waals surface area contributed by atoms with Gasteiger partial charge in [-0.1, -0.05) is 60.7 Å². The standard InChI is InChI=1S/C51H26O2/c1-53-27(52)8-5-9-50(25-6-3-2-4-7-25)49-26-16-23-14-21-12-19-10-18-11-20-13-22-15-24-17-51(49,50)48-46-34(24)30(22)38-32(20)36-28(18)29(19)37-33(21)39-31(23)35(26)47(48)45-43(39)41(37)40(36)42(38)44(45)46/h2-4,6-7,11-12,15-17,49H,5,8-10,13-14H2,1H3. The van der Waals surface area contributed by atoms with Gasteiger partial charge in [-0.2, -0.15) is 0 Å². The van der Waals surface area contributed by atoms with Crippen molar-refractivity contribution < 1.29 is 9.53 Å². The van der Waals surface area contributed by atoms with Gasteiger partial charge in [0.05, 0.1) is 7.11 Å². The van der Waals surface area contributed by atoms with Gasteiger partial charge in [0.25, 0.3) is 0 Å². The zero-order valence-electron chi connectivity index (χ0n) is 28.9. The van der Waals surface area contributed by atoms with Crippen molar-refractivity contribution in [3.05, 3.63) is 110 Å². The molecule has 12 aromatic rings. The third-order valence-corrected chi connectivity index (χ3v) is 16.9. The van der Waals surface area contributed by atoms with Crippen molar-refractivity contribution in [1.82, 2.24) is 0 Å². The van der Waals surface area contributed by atoms with Crippen LogP contribution in [0, 0.1) is 0 Å². The third kappa shape index (κ3) is 1.89. The molecule has 0 radical (unpaired) electrons. The molecule has 0 N–H and O–H groups in total. The van der Waals surface area contributed by atoms with Crippen molar-refractivity contribution in [2.24, 2.45) is 0 Å². The minimum absolute atomic E-state index is 0.0986. The number of hydrogen-bond donors (Lipinski definition) is 0. The Morgan fingerprint density at radius 2 is 1.08 bits per heavy atom. The molecular formula is C51H26O2. The van der Waals surface area contributed by atoms with E-state index < -0.39 is 0 Å². The molecule has 0 amide bonds. The predicted molar refractivity (Wildman–Crippen MR) is 215 cm³/mol. The normalized spacial score (nSPS) is 23.8. The summed E-state index contributed by atoms with van der Waals surface area (Å²) in [6.45, 7) is 0. The summed E-state index contributed by atoms with van der Waals surface area (Å²) in [7, 11) is 1.54. The maximum absolute atomic E-state index is 12.7. The maximum Gasteiger partial charge on any atom is 0.305 e. The summed E-state index contributed by atoms with van der Waals surface area (Å²) in [5.74, 6) is 0.229. The lowest BCUT2D eigenvalue weighted by atomic mass is 9.74. The smallest absolute Gasteiger partial charge is 0.305 e. The summed E-state index contributed by atoms with van der Waals surface area (Å²) in [4.78, 5) is 12.7. The van der Waals surface area contributed by atoms with E-state index in [-0.39, 0.29) is 16.8 Å².